The SMILES string of the molecule is C1CNCCN1.O=C(O)C(F)(F)C(F)(F)C(F)(F)C(F)(F)C(F)(F)F.O=C(O)C(F)(F)C(F)(F)C(F)(F)C(F)(F)C(F)(F)F. The second-order valence-corrected chi connectivity index (χ2v) is 7.70. The van der Waals surface area contributed by atoms with Crippen LogP contribution in [0.15, 0.2) is 0 Å². The number of carboxylic acids is 2. The lowest BCUT2D eigenvalue weighted by Gasteiger charge is -2.35. The molecule has 1 saturated heterocycles. The lowest BCUT2D eigenvalue weighted by molar-refractivity contribution is -0.418. The summed E-state index contributed by atoms with van der Waals surface area (Å²) in [6.07, 6.45) is -14.6. The Kier molecular flexibility index (Phi) is 12.8. The highest BCUT2D eigenvalue weighted by molar-refractivity contribution is 5.77. The van der Waals surface area contributed by atoms with Gasteiger partial charge in [-0.1, -0.05) is 0 Å². The van der Waals surface area contributed by atoms with Crippen molar-refractivity contribution in [2.45, 2.75) is 59.7 Å². The lowest BCUT2D eigenvalue weighted by Crippen LogP contribution is -2.68. The molecule has 264 valence electrons. The quantitative estimate of drug-likeness (QED) is 0.247. The molecule has 0 aromatic heterocycles. The minimum Gasteiger partial charge on any atom is -0.477 e. The predicted molar refractivity (Wildman–Crippen MR) is 92.7 cm³/mol. The zero-order valence-corrected chi connectivity index (χ0v) is 19.9. The van der Waals surface area contributed by atoms with Crippen molar-refractivity contribution in [3.63, 3.8) is 0 Å². The standard InChI is InChI=1S/2C6HF11O2.C4H10N2/c2*7-2(8,1(18)19)3(9,10)4(11,12)5(13,14)6(15,16)17;1-2-6-4-3-5-1/h2*(H,18,19);5-6H,1-4H2. The fourth-order valence-corrected chi connectivity index (χ4v) is 2.02. The predicted octanol–water partition coefficient (Wildman–Crippen LogP) is 5.53. The van der Waals surface area contributed by atoms with Crippen LogP contribution in [0, 0.1) is 0 Å². The summed E-state index contributed by atoms with van der Waals surface area (Å²) in [5, 5.41) is 21.5. The van der Waals surface area contributed by atoms with E-state index in [1.165, 1.54) is 0 Å². The Balaban J connectivity index is 0. The molecule has 0 amide bonds. The number of alkyl halides is 22. The molecule has 0 atom stereocenters. The van der Waals surface area contributed by atoms with Crippen LogP contribution in [0.4, 0.5) is 96.6 Å². The molecule has 0 saturated carbocycles. The normalized spacial score (nSPS) is 16.7. The molecule has 1 aliphatic heterocycles. The summed E-state index contributed by atoms with van der Waals surface area (Å²) in [6, 6.07) is 0. The molecular formula is C16H12F22N2O4. The van der Waals surface area contributed by atoms with Gasteiger partial charge in [-0.15, -0.1) is 0 Å². The molecule has 0 radical (unpaired) electrons. The van der Waals surface area contributed by atoms with Gasteiger partial charge < -0.3 is 20.8 Å². The molecule has 0 unspecified atom stereocenters. The third-order valence-electron chi connectivity index (χ3n) is 4.57. The Bertz CT molecular complexity index is 902. The number of halogens is 22. The first kappa shape index (κ1) is 43.4. The fourth-order valence-electron chi connectivity index (χ4n) is 2.02. The molecule has 44 heavy (non-hydrogen) atoms. The van der Waals surface area contributed by atoms with Crippen molar-refractivity contribution in [1.29, 1.82) is 0 Å². The number of hydrogen-bond donors (Lipinski definition) is 4. The molecule has 0 bridgehead atoms. The summed E-state index contributed by atoms with van der Waals surface area (Å²) in [5.74, 6) is -67.1. The maximum Gasteiger partial charge on any atom is 0.460 e. The zero-order valence-electron chi connectivity index (χ0n) is 19.9. The van der Waals surface area contributed by atoms with E-state index in [-0.39, 0.29) is 0 Å². The number of piperazine rings is 1. The number of rotatable bonds is 8. The van der Waals surface area contributed by atoms with Crippen LogP contribution in [0.3, 0.4) is 0 Å². The van der Waals surface area contributed by atoms with E-state index in [1.807, 2.05) is 0 Å². The van der Waals surface area contributed by atoms with Gasteiger partial charge in [0.2, 0.25) is 0 Å². The number of aliphatic carboxylic acids is 2. The highest BCUT2D eigenvalue weighted by Gasteiger charge is 2.90. The molecule has 28 heteroatoms. The average Bonchev–Trinajstić information content (AvgIpc) is 2.83. The molecule has 0 aromatic rings. The summed E-state index contributed by atoms with van der Waals surface area (Å²) in [7, 11) is 0. The highest BCUT2D eigenvalue weighted by atomic mass is 19.4. The number of carbonyl (C=O) groups is 2. The van der Waals surface area contributed by atoms with Gasteiger partial charge in [0, 0.05) is 26.2 Å². The summed E-state index contributed by atoms with van der Waals surface area (Å²) in [5.41, 5.74) is 0. The van der Waals surface area contributed by atoms with Crippen LogP contribution < -0.4 is 10.6 Å². The van der Waals surface area contributed by atoms with E-state index in [9.17, 15) is 106 Å². The second-order valence-electron chi connectivity index (χ2n) is 7.70. The Morgan fingerprint density at radius 1 is 0.364 bits per heavy atom. The third kappa shape index (κ3) is 7.57. The topological polar surface area (TPSA) is 98.7 Å². The van der Waals surface area contributed by atoms with E-state index in [1.54, 1.807) is 0 Å². The van der Waals surface area contributed by atoms with Gasteiger partial charge >= 0.3 is 71.7 Å². The molecule has 0 aliphatic carbocycles. The van der Waals surface area contributed by atoms with Crippen molar-refractivity contribution in [2.75, 3.05) is 26.2 Å². The fraction of sp³-hybridized carbons (Fsp3) is 0.875. The number of nitrogens with one attached hydrogen (secondary N) is 2. The highest BCUT2D eigenvalue weighted by Crippen LogP contribution is 2.58. The van der Waals surface area contributed by atoms with Gasteiger partial charge in [0.15, 0.2) is 0 Å². The summed E-state index contributed by atoms with van der Waals surface area (Å²) < 4.78 is 265. The molecule has 0 aromatic carbocycles. The van der Waals surface area contributed by atoms with Crippen molar-refractivity contribution in [2.24, 2.45) is 0 Å². The van der Waals surface area contributed by atoms with Gasteiger partial charge in [-0.3, -0.25) is 0 Å². The molecule has 1 heterocycles. The van der Waals surface area contributed by atoms with E-state index >= 15 is 0 Å². The van der Waals surface area contributed by atoms with Crippen LogP contribution in [-0.2, 0) is 9.59 Å². The van der Waals surface area contributed by atoms with E-state index in [0.717, 1.165) is 26.2 Å². The Morgan fingerprint density at radius 2 is 0.545 bits per heavy atom. The molecule has 1 rings (SSSR count). The zero-order chi connectivity index (χ0) is 36.4. The molecule has 4 N–H and O–H groups in total. The smallest absolute Gasteiger partial charge is 0.460 e. The van der Waals surface area contributed by atoms with Crippen molar-refractivity contribution in [3.8, 4) is 0 Å². The second kappa shape index (κ2) is 13.0. The molecular weight excluding hydrogens is 702 g/mol. The van der Waals surface area contributed by atoms with Crippen LogP contribution in [0.5, 0.6) is 0 Å². The summed E-state index contributed by atoms with van der Waals surface area (Å²) in [6.45, 7) is 4.56. The van der Waals surface area contributed by atoms with E-state index in [4.69, 9.17) is 10.2 Å². The first-order valence-electron chi connectivity index (χ1n) is 9.93. The van der Waals surface area contributed by atoms with E-state index < -0.39 is 71.7 Å². The third-order valence-corrected chi connectivity index (χ3v) is 4.57. The first-order chi connectivity index (χ1) is 18.9. The Labute approximate surface area is 226 Å². The minimum absolute atomic E-state index is 1.14. The van der Waals surface area contributed by atoms with Gasteiger partial charge in [-0.05, 0) is 0 Å². The monoisotopic (exact) mass is 714 g/mol. The molecule has 0 spiro atoms. The molecule has 1 fully saturated rings. The van der Waals surface area contributed by atoms with E-state index in [0.29, 0.717) is 0 Å². The maximum atomic E-state index is 12.4. The largest absolute Gasteiger partial charge is 0.477 e. The molecule has 1 aliphatic rings. The van der Waals surface area contributed by atoms with Gasteiger partial charge in [-0.2, -0.15) is 96.6 Å². The summed E-state index contributed by atoms with van der Waals surface area (Å²) in [4.78, 5) is 19.2. The van der Waals surface area contributed by atoms with Gasteiger partial charge in [-0.25, -0.2) is 9.59 Å². The van der Waals surface area contributed by atoms with Crippen molar-refractivity contribution < 1.29 is 116 Å². The Morgan fingerprint density at radius 3 is 0.659 bits per heavy atom. The minimum atomic E-state index is -7.68. The van der Waals surface area contributed by atoms with Crippen molar-refractivity contribution in [1.82, 2.24) is 10.6 Å². The van der Waals surface area contributed by atoms with Gasteiger partial charge in [0.1, 0.15) is 0 Å². The number of carboxylic acid groups (broad SMARTS) is 2. The van der Waals surface area contributed by atoms with Crippen LogP contribution in [-0.4, -0.2) is 108 Å². The summed E-state index contributed by atoms with van der Waals surface area (Å²) >= 11 is 0. The lowest BCUT2D eigenvalue weighted by atomic mass is 9.98. The van der Waals surface area contributed by atoms with E-state index in [2.05, 4.69) is 10.6 Å². The maximum absolute atomic E-state index is 12.4. The average molecular weight is 714 g/mol. The van der Waals surface area contributed by atoms with Crippen LogP contribution >= 0.6 is 0 Å². The van der Waals surface area contributed by atoms with Crippen molar-refractivity contribution >= 4 is 11.9 Å². The van der Waals surface area contributed by atoms with Gasteiger partial charge in [0.05, 0.1) is 0 Å². The Hall–Kier alpha value is -2.68. The number of hydrogen-bond acceptors (Lipinski definition) is 4. The van der Waals surface area contributed by atoms with Gasteiger partial charge in [0.25, 0.3) is 0 Å². The van der Waals surface area contributed by atoms with Crippen LogP contribution in [0.2, 0.25) is 0 Å². The first-order valence-corrected chi connectivity index (χ1v) is 9.93. The van der Waals surface area contributed by atoms with Crippen LogP contribution in [0.25, 0.3) is 0 Å². The van der Waals surface area contributed by atoms with Crippen LogP contribution in [0.1, 0.15) is 0 Å². The van der Waals surface area contributed by atoms with Crippen molar-refractivity contribution in [3.05, 3.63) is 0 Å². The molecule has 6 nitrogen and oxygen atoms in total.